The van der Waals surface area contributed by atoms with E-state index in [4.69, 9.17) is 17.0 Å². The lowest BCUT2D eigenvalue weighted by Gasteiger charge is -2.13. The van der Waals surface area contributed by atoms with E-state index in [1.54, 1.807) is 24.3 Å². The molecule has 0 aliphatic heterocycles. The quantitative estimate of drug-likeness (QED) is 0.439. The van der Waals surface area contributed by atoms with Gasteiger partial charge < -0.3 is 10.1 Å². The lowest BCUT2D eigenvalue weighted by atomic mass is 10.2. The largest absolute Gasteiger partial charge is 0.491 e. The summed E-state index contributed by atoms with van der Waals surface area (Å²) in [7, 11) is 0. The first-order chi connectivity index (χ1) is 12.8. The molecule has 9 heteroatoms. The number of nitro groups is 1. The molecule has 0 radical (unpaired) electrons. The lowest BCUT2D eigenvalue weighted by Crippen LogP contribution is -2.34. The molecule has 2 aromatic carbocycles. The maximum Gasteiger partial charge on any atom is 0.271 e. The van der Waals surface area contributed by atoms with E-state index in [9.17, 15) is 19.3 Å². The van der Waals surface area contributed by atoms with Gasteiger partial charge in [0.25, 0.3) is 11.6 Å². The Labute approximate surface area is 160 Å². The number of anilines is 1. The predicted molar refractivity (Wildman–Crippen MR) is 104 cm³/mol. The number of rotatable bonds is 6. The van der Waals surface area contributed by atoms with Gasteiger partial charge in [0, 0.05) is 17.7 Å². The molecule has 0 aliphatic carbocycles. The lowest BCUT2D eigenvalue weighted by molar-refractivity contribution is -0.384. The summed E-state index contributed by atoms with van der Waals surface area (Å²) >= 11 is 4.98. The second-order valence-corrected chi connectivity index (χ2v) is 6.10. The van der Waals surface area contributed by atoms with Gasteiger partial charge in [0.15, 0.2) is 5.11 Å². The number of carbonyl (C=O) groups excluding carboxylic acids is 1. The van der Waals surface area contributed by atoms with Crippen molar-refractivity contribution < 1.29 is 18.8 Å². The summed E-state index contributed by atoms with van der Waals surface area (Å²) in [6, 6.07) is 9.45. The average molecular weight is 391 g/mol. The molecule has 1 amide bonds. The summed E-state index contributed by atoms with van der Waals surface area (Å²) in [5, 5.41) is 15.4. The molecule has 0 saturated heterocycles. The first-order valence-corrected chi connectivity index (χ1v) is 8.54. The molecular formula is C18H18FN3O4S. The molecule has 0 aromatic heterocycles. The van der Waals surface area contributed by atoms with Gasteiger partial charge in [-0.2, -0.15) is 0 Å². The molecule has 0 bridgehead atoms. The second kappa shape index (κ2) is 9.04. The van der Waals surface area contributed by atoms with Gasteiger partial charge >= 0.3 is 0 Å². The fourth-order valence-electron chi connectivity index (χ4n) is 2.05. The van der Waals surface area contributed by atoms with Crippen LogP contribution in [0.3, 0.4) is 0 Å². The molecule has 0 heterocycles. The van der Waals surface area contributed by atoms with Crippen LogP contribution in [0.2, 0.25) is 0 Å². The van der Waals surface area contributed by atoms with Crippen molar-refractivity contribution in [1.82, 2.24) is 5.32 Å². The van der Waals surface area contributed by atoms with Crippen LogP contribution in [0.1, 0.15) is 30.6 Å². The zero-order valence-corrected chi connectivity index (χ0v) is 15.5. The molecule has 2 N–H and O–H groups in total. The smallest absolute Gasteiger partial charge is 0.271 e. The summed E-state index contributed by atoms with van der Waals surface area (Å²) in [5.41, 5.74) is -0.174. The Hall–Kier alpha value is -3.07. The molecule has 7 nitrogen and oxygen atoms in total. The van der Waals surface area contributed by atoms with E-state index in [2.05, 4.69) is 10.6 Å². The summed E-state index contributed by atoms with van der Waals surface area (Å²) in [5.74, 6) is -0.600. The second-order valence-electron chi connectivity index (χ2n) is 5.69. The van der Waals surface area contributed by atoms with Crippen molar-refractivity contribution in [3.8, 4) is 5.75 Å². The topological polar surface area (TPSA) is 93.5 Å². The highest BCUT2D eigenvalue weighted by molar-refractivity contribution is 7.80. The third-order valence-electron chi connectivity index (χ3n) is 3.66. The van der Waals surface area contributed by atoms with E-state index in [1.165, 1.54) is 0 Å². The SMILES string of the molecule is CCC(C)Oc1ccc(C(=O)NC(=S)Nc2cc([N+](=O)[O-])ccc2F)cc1. The number of hydrogen-bond acceptors (Lipinski definition) is 5. The minimum absolute atomic E-state index is 0.0614. The zero-order valence-electron chi connectivity index (χ0n) is 14.7. The third kappa shape index (κ3) is 5.71. The van der Waals surface area contributed by atoms with Gasteiger partial charge in [-0.3, -0.25) is 20.2 Å². The number of nitrogens with zero attached hydrogens (tertiary/aromatic N) is 1. The highest BCUT2D eigenvalue weighted by Gasteiger charge is 2.14. The van der Waals surface area contributed by atoms with Crippen LogP contribution < -0.4 is 15.4 Å². The van der Waals surface area contributed by atoms with Crippen molar-refractivity contribution in [2.45, 2.75) is 26.4 Å². The molecule has 1 unspecified atom stereocenters. The van der Waals surface area contributed by atoms with Crippen molar-refractivity contribution >= 4 is 34.6 Å². The first kappa shape index (κ1) is 20.2. The fraction of sp³-hybridized carbons (Fsp3) is 0.222. The molecule has 27 heavy (non-hydrogen) atoms. The summed E-state index contributed by atoms with van der Waals surface area (Å²) < 4.78 is 19.4. The monoisotopic (exact) mass is 391 g/mol. The number of nitro benzene ring substituents is 1. The molecule has 0 saturated carbocycles. The van der Waals surface area contributed by atoms with Gasteiger partial charge in [0.2, 0.25) is 0 Å². The Balaban J connectivity index is 2.00. The van der Waals surface area contributed by atoms with E-state index in [0.717, 1.165) is 24.6 Å². The molecule has 0 fully saturated rings. The van der Waals surface area contributed by atoms with Gasteiger partial charge in [-0.25, -0.2) is 4.39 Å². The van der Waals surface area contributed by atoms with Crippen LogP contribution in [0, 0.1) is 15.9 Å². The standard InChI is InChI=1S/C18H18FN3O4S/c1-3-11(2)26-14-7-4-12(5-8-14)17(23)21-18(27)20-16-10-13(22(24)25)6-9-15(16)19/h4-11H,3H2,1-2H3,(H2,20,21,23,27). The number of non-ortho nitro benzene ring substituents is 1. The first-order valence-electron chi connectivity index (χ1n) is 8.13. The Kier molecular flexibility index (Phi) is 6.78. The molecular weight excluding hydrogens is 373 g/mol. The minimum atomic E-state index is -0.733. The van der Waals surface area contributed by atoms with Crippen LogP contribution in [0.4, 0.5) is 15.8 Å². The third-order valence-corrected chi connectivity index (χ3v) is 3.87. The molecule has 2 aromatic rings. The highest BCUT2D eigenvalue weighted by Crippen LogP contribution is 2.21. The van der Waals surface area contributed by atoms with E-state index in [0.29, 0.717) is 11.3 Å². The Morgan fingerprint density at radius 2 is 1.96 bits per heavy atom. The van der Waals surface area contributed by atoms with E-state index in [-0.39, 0.29) is 22.6 Å². The van der Waals surface area contributed by atoms with Gasteiger partial charge in [-0.1, -0.05) is 6.92 Å². The van der Waals surface area contributed by atoms with Crippen molar-refractivity contribution in [2.24, 2.45) is 0 Å². The maximum absolute atomic E-state index is 13.8. The van der Waals surface area contributed by atoms with Gasteiger partial charge in [-0.15, -0.1) is 0 Å². The van der Waals surface area contributed by atoms with Crippen molar-refractivity contribution in [3.63, 3.8) is 0 Å². The molecule has 142 valence electrons. The van der Waals surface area contributed by atoms with Gasteiger partial charge in [-0.05, 0) is 55.9 Å². The number of hydrogen-bond donors (Lipinski definition) is 2. The summed E-state index contributed by atoms with van der Waals surface area (Å²) in [6.07, 6.45) is 0.919. The molecule has 1 atom stereocenters. The number of thiocarbonyl (C=S) groups is 1. The zero-order chi connectivity index (χ0) is 20.0. The van der Waals surface area contributed by atoms with Crippen LogP contribution in [0.25, 0.3) is 0 Å². The molecule has 0 spiro atoms. The van der Waals surface area contributed by atoms with Crippen LogP contribution >= 0.6 is 12.2 Å². The summed E-state index contributed by atoms with van der Waals surface area (Å²) in [6.45, 7) is 3.95. The number of ether oxygens (including phenoxy) is 1. The Morgan fingerprint density at radius 1 is 1.30 bits per heavy atom. The normalized spacial score (nSPS) is 11.4. The number of amides is 1. The summed E-state index contributed by atoms with van der Waals surface area (Å²) in [4.78, 5) is 22.3. The average Bonchev–Trinajstić information content (AvgIpc) is 2.63. The predicted octanol–water partition coefficient (Wildman–Crippen LogP) is 4.04. The van der Waals surface area contributed by atoms with E-state index < -0.39 is 16.6 Å². The van der Waals surface area contributed by atoms with Gasteiger partial charge in [0.1, 0.15) is 11.6 Å². The Morgan fingerprint density at radius 3 is 2.56 bits per heavy atom. The van der Waals surface area contributed by atoms with Crippen LogP contribution in [-0.4, -0.2) is 22.0 Å². The van der Waals surface area contributed by atoms with Gasteiger partial charge in [0.05, 0.1) is 16.7 Å². The Bertz CT molecular complexity index is 858. The van der Waals surface area contributed by atoms with Crippen molar-refractivity contribution in [3.05, 3.63) is 64.0 Å². The highest BCUT2D eigenvalue weighted by atomic mass is 32.1. The maximum atomic E-state index is 13.8. The molecule has 2 rings (SSSR count). The fourth-order valence-corrected chi connectivity index (χ4v) is 2.25. The van der Waals surface area contributed by atoms with Crippen molar-refractivity contribution in [2.75, 3.05) is 5.32 Å². The van der Waals surface area contributed by atoms with Crippen LogP contribution in [0.5, 0.6) is 5.75 Å². The minimum Gasteiger partial charge on any atom is -0.491 e. The molecule has 0 aliphatic rings. The number of benzene rings is 2. The number of nitrogens with one attached hydrogen (secondary N) is 2. The van der Waals surface area contributed by atoms with E-state index >= 15 is 0 Å². The number of halogens is 1. The van der Waals surface area contributed by atoms with Crippen LogP contribution in [0.15, 0.2) is 42.5 Å². The van der Waals surface area contributed by atoms with Crippen LogP contribution in [-0.2, 0) is 0 Å². The van der Waals surface area contributed by atoms with Crippen molar-refractivity contribution in [1.29, 1.82) is 0 Å². The van der Waals surface area contributed by atoms with E-state index in [1.807, 2.05) is 13.8 Å². The number of carbonyl (C=O) groups is 1.